The summed E-state index contributed by atoms with van der Waals surface area (Å²) in [5, 5.41) is 0. The molecule has 0 fully saturated rings. The van der Waals surface area contributed by atoms with Gasteiger partial charge in [-0.15, -0.1) is 0 Å². The van der Waals surface area contributed by atoms with E-state index < -0.39 is 17.9 Å². The van der Waals surface area contributed by atoms with Gasteiger partial charge in [-0.05, 0) is 6.92 Å². The minimum Gasteiger partial charge on any atom is -1.00 e. The van der Waals surface area contributed by atoms with Gasteiger partial charge >= 0.3 is 41.5 Å². The number of ether oxygens (including phenoxy) is 2. The number of carbonyl (C=O) groups is 2. The maximum Gasteiger partial charge on any atom is 1.00 e. The summed E-state index contributed by atoms with van der Waals surface area (Å²) in [5.74, 6) is -1.98. The van der Waals surface area contributed by atoms with Crippen LogP contribution in [0, 0.1) is 5.92 Å². The van der Waals surface area contributed by atoms with Crippen molar-refractivity contribution < 1.29 is 50.0 Å². The van der Waals surface area contributed by atoms with E-state index >= 15 is 0 Å². The number of hydrogen-bond donors (Lipinski definition) is 0. The molecule has 5 heteroatoms. The van der Waals surface area contributed by atoms with Crippen LogP contribution in [0.15, 0.2) is 0 Å². The van der Waals surface area contributed by atoms with E-state index in [1.165, 1.54) is 21.1 Å². The Labute approximate surface area is 89.0 Å². The van der Waals surface area contributed by atoms with Crippen LogP contribution < -0.4 is 29.6 Å². The Morgan fingerprint density at radius 1 is 1.18 bits per heavy atom. The van der Waals surface area contributed by atoms with Crippen LogP contribution in [0.2, 0.25) is 0 Å². The predicted octanol–water partition coefficient (Wildman–Crippen LogP) is -2.91. The molecule has 0 saturated carbocycles. The Balaban J connectivity index is -0.000000405. The van der Waals surface area contributed by atoms with E-state index in [2.05, 4.69) is 9.47 Å². The smallest absolute Gasteiger partial charge is 1.00 e. The summed E-state index contributed by atoms with van der Waals surface area (Å²) in [6.45, 7) is 1.43. The first kappa shape index (κ1) is 13.5. The van der Waals surface area contributed by atoms with Crippen molar-refractivity contribution in [2.75, 3.05) is 14.2 Å². The second-order valence-electron chi connectivity index (χ2n) is 1.77. The number of rotatable bonds is 2. The molecule has 0 aliphatic heterocycles. The quantitative estimate of drug-likeness (QED) is 0.253. The van der Waals surface area contributed by atoms with E-state index in [0.29, 0.717) is 0 Å². The van der Waals surface area contributed by atoms with Gasteiger partial charge in [0.15, 0.2) is 5.92 Å². The number of esters is 2. The molecule has 60 valence electrons. The molecule has 4 nitrogen and oxygen atoms in total. The molecular weight excluding hydrogens is 159 g/mol. The molecule has 0 aliphatic carbocycles. The van der Waals surface area contributed by atoms with Gasteiger partial charge in [-0.3, -0.25) is 9.59 Å². The fourth-order valence-corrected chi connectivity index (χ4v) is 0.450. The first-order valence-electron chi connectivity index (χ1n) is 2.79. The van der Waals surface area contributed by atoms with Gasteiger partial charge in [0.05, 0.1) is 14.2 Å². The second kappa shape index (κ2) is 6.64. The maximum atomic E-state index is 10.6. The largest absolute Gasteiger partial charge is 1.00 e. The zero-order valence-corrected chi connectivity index (χ0v) is 9.21. The molecule has 0 aromatic carbocycles. The Morgan fingerprint density at radius 3 is 1.64 bits per heavy atom. The van der Waals surface area contributed by atoms with Crippen LogP contribution in [0.3, 0.4) is 0 Å². The van der Waals surface area contributed by atoms with Crippen LogP contribution in [-0.2, 0) is 19.1 Å². The van der Waals surface area contributed by atoms with Gasteiger partial charge in [0.1, 0.15) is 0 Å². The summed E-state index contributed by atoms with van der Waals surface area (Å²) < 4.78 is 8.59. The molecule has 0 radical (unpaired) electrons. The Hall–Kier alpha value is -0.0600. The zero-order valence-electron chi connectivity index (χ0n) is 8.21. The van der Waals surface area contributed by atoms with Crippen molar-refractivity contribution >= 4 is 11.9 Å². The maximum absolute atomic E-state index is 10.6. The Bertz CT molecular complexity index is 134. The molecule has 0 atom stereocenters. The molecule has 0 amide bonds. The summed E-state index contributed by atoms with van der Waals surface area (Å²) >= 11 is 0. The summed E-state index contributed by atoms with van der Waals surface area (Å²) in [4.78, 5) is 21.2. The van der Waals surface area contributed by atoms with Gasteiger partial charge in [-0.2, -0.15) is 0 Å². The molecule has 0 rings (SSSR count). The third-order valence-corrected chi connectivity index (χ3v) is 1.11. The first-order chi connectivity index (χ1) is 4.63. The zero-order chi connectivity index (χ0) is 8.15. The average molecular weight is 170 g/mol. The van der Waals surface area contributed by atoms with Crippen molar-refractivity contribution in [2.45, 2.75) is 6.92 Å². The molecule has 0 aliphatic rings. The van der Waals surface area contributed by atoms with E-state index in [0.717, 1.165) is 0 Å². The summed E-state index contributed by atoms with van der Waals surface area (Å²) in [5.41, 5.74) is 0. The van der Waals surface area contributed by atoms with Crippen molar-refractivity contribution in [3.05, 3.63) is 0 Å². The SMILES string of the molecule is COC(=O)C(C)C(=O)OC.[H-].[Na+]. The molecule has 0 N–H and O–H groups in total. The predicted molar refractivity (Wildman–Crippen MR) is 34.3 cm³/mol. The van der Waals surface area contributed by atoms with Crippen molar-refractivity contribution in [1.29, 1.82) is 0 Å². The van der Waals surface area contributed by atoms with Crippen LogP contribution >= 0.6 is 0 Å². The fourth-order valence-electron chi connectivity index (χ4n) is 0.450. The van der Waals surface area contributed by atoms with Crippen LogP contribution in [0.5, 0.6) is 0 Å². The van der Waals surface area contributed by atoms with E-state index in [1.54, 1.807) is 0 Å². The van der Waals surface area contributed by atoms with Crippen molar-refractivity contribution in [1.82, 2.24) is 0 Å². The van der Waals surface area contributed by atoms with Crippen LogP contribution in [-0.4, -0.2) is 26.2 Å². The van der Waals surface area contributed by atoms with Gasteiger partial charge in [0, 0.05) is 0 Å². The van der Waals surface area contributed by atoms with Gasteiger partial charge < -0.3 is 10.9 Å². The summed E-state index contributed by atoms with van der Waals surface area (Å²) in [6, 6.07) is 0. The minimum atomic E-state index is -0.824. The van der Waals surface area contributed by atoms with Crippen molar-refractivity contribution in [3.63, 3.8) is 0 Å². The number of carbonyl (C=O) groups excluding carboxylic acids is 2. The molecule has 0 aromatic rings. The number of hydrogen-bond acceptors (Lipinski definition) is 4. The summed E-state index contributed by atoms with van der Waals surface area (Å²) in [6.07, 6.45) is 0. The number of methoxy groups -OCH3 is 2. The molecule has 0 spiro atoms. The van der Waals surface area contributed by atoms with Gasteiger partial charge in [-0.1, -0.05) is 0 Å². The van der Waals surface area contributed by atoms with Crippen molar-refractivity contribution in [3.8, 4) is 0 Å². The van der Waals surface area contributed by atoms with E-state index in [-0.39, 0.29) is 31.0 Å². The molecule has 0 bridgehead atoms. The molecule has 0 unspecified atom stereocenters. The van der Waals surface area contributed by atoms with Crippen LogP contribution in [0.4, 0.5) is 0 Å². The van der Waals surface area contributed by atoms with E-state index in [1.807, 2.05) is 0 Å². The van der Waals surface area contributed by atoms with Crippen LogP contribution in [0.1, 0.15) is 8.35 Å². The monoisotopic (exact) mass is 170 g/mol. The van der Waals surface area contributed by atoms with E-state index in [4.69, 9.17) is 0 Å². The average Bonchev–Trinajstić information content (AvgIpc) is 2.00. The molecule has 0 aromatic heterocycles. The van der Waals surface area contributed by atoms with Gasteiger partial charge in [0.2, 0.25) is 0 Å². The molecule has 11 heavy (non-hydrogen) atoms. The molecule has 0 heterocycles. The standard InChI is InChI=1S/C6H10O4.Na.H/c1-4(5(7)9-2)6(8)10-3;;/h4H,1-3H3;;/q;+1;-1. The molecule has 0 saturated heterocycles. The normalized spacial score (nSPS) is 8.36. The summed E-state index contributed by atoms with van der Waals surface area (Å²) in [7, 11) is 2.45. The Morgan fingerprint density at radius 2 is 1.45 bits per heavy atom. The molecular formula is C6H11NaO4. The third-order valence-electron chi connectivity index (χ3n) is 1.11. The van der Waals surface area contributed by atoms with Crippen LogP contribution in [0.25, 0.3) is 0 Å². The minimum absolute atomic E-state index is 0. The fraction of sp³-hybridized carbons (Fsp3) is 0.667. The first-order valence-corrected chi connectivity index (χ1v) is 2.79. The Kier molecular flexibility index (Phi) is 8.16. The van der Waals surface area contributed by atoms with Gasteiger partial charge in [-0.25, -0.2) is 0 Å². The topological polar surface area (TPSA) is 52.6 Å². The van der Waals surface area contributed by atoms with Gasteiger partial charge in [0.25, 0.3) is 0 Å². The third kappa shape index (κ3) is 4.40. The van der Waals surface area contributed by atoms with Crippen molar-refractivity contribution in [2.24, 2.45) is 5.92 Å². The van der Waals surface area contributed by atoms with E-state index in [9.17, 15) is 9.59 Å². The second-order valence-corrected chi connectivity index (χ2v) is 1.77.